The topological polar surface area (TPSA) is 53.0 Å². The molecule has 0 bridgehead atoms. The van der Waals surface area contributed by atoms with Crippen molar-refractivity contribution in [3.63, 3.8) is 0 Å². The van der Waals surface area contributed by atoms with Crippen LogP contribution in [0, 0.1) is 5.92 Å². The molecule has 1 unspecified atom stereocenters. The van der Waals surface area contributed by atoms with Crippen LogP contribution >= 0.6 is 15.9 Å². The Morgan fingerprint density at radius 1 is 1.53 bits per heavy atom. The fourth-order valence-corrected chi connectivity index (χ4v) is 2.23. The average Bonchev–Trinajstić information content (AvgIpc) is 2.18. The third kappa shape index (κ3) is 3.84. The summed E-state index contributed by atoms with van der Waals surface area (Å²) < 4.78 is 0.858. The molecule has 0 N–H and O–H groups in total. The van der Waals surface area contributed by atoms with Crippen molar-refractivity contribution in [1.29, 1.82) is 0 Å². The maximum atomic E-state index is 11.1. The Labute approximate surface area is 121 Å². The van der Waals surface area contributed by atoms with Crippen LogP contribution in [0.25, 0.3) is 0 Å². The molecular weight excluding hydrogens is 277 g/mol. The number of rotatable bonds is 4. The number of pyridine rings is 1. The molecule has 1 aliphatic rings. The maximum absolute atomic E-state index is 11.1. The molecule has 1 atom stereocenters. The number of carboxylic acid groups (broad SMARTS) is 1. The van der Waals surface area contributed by atoms with Crippen LogP contribution < -0.4 is 24.0 Å². The Hall–Kier alpha value is -0.303. The van der Waals surface area contributed by atoms with Gasteiger partial charge < -0.3 is 9.90 Å². The fourth-order valence-electron chi connectivity index (χ4n) is 1.99. The van der Waals surface area contributed by atoms with E-state index in [-0.39, 0.29) is 18.9 Å². The zero-order valence-electron chi connectivity index (χ0n) is 9.86. The van der Waals surface area contributed by atoms with E-state index in [1.807, 2.05) is 6.07 Å². The van der Waals surface area contributed by atoms with Crippen LogP contribution in [0.5, 0.6) is 0 Å². The van der Waals surface area contributed by atoms with Crippen molar-refractivity contribution in [3.05, 3.63) is 28.5 Å². The number of aliphatic carboxylic acids is 1. The fraction of sp³-hybridized carbons (Fsp3) is 0.500. The van der Waals surface area contributed by atoms with E-state index in [0.717, 1.165) is 17.3 Å². The van der Waals surface area contributed by atoms with E-state index in [0.29, 0.717) is 18.0 Å². The van der Waals surface area contributed by atoms with Crippen molar-refractivity contribution >= 4 is 21.9 Å². The minimum atomic E-state index is -1.01. The van der Waals surface area contributed by atoms with E-state index in [1.165, 1.54) is 6.42 Å². The Bertz CT molecular complexity index is 379. The van der Waals surface area contributed by atoms with Crippen LogP contribution in [0.15, 0.2) is 22.8 Å². The molecule has 17 heavy (non-hydrogen) atoms. The summed E-state index contributed by atoms with van der Waals surface area (Å²) in [4.78, 5) is 15.2. The van der Waals surface area contributed by atoms with E-state index in [1.54, 1.807) is 12.3 Å². The van der Waals surface area contributed by atoms with Crippen molar-refractivity contribution < 1.29 is 28.8 Å². The number of hydrogen-bond acceptors (Lipinski definition) is 3. The molecule has 1 heterocycles. The van der Waals surface area contributed by atoms with Gasteiger partial charge in [-0.05, 0) is 40.4 Å². The number of hydrogen-bond donors (Lipinski definition) is 0. The van der Waals surface area contributed by atoms with Crippen LogP contribution in [-0.4, -0.2) is 11.0 Å². The predicted molar refractivity (Wildman–Crippen MR) is 61.6 cm³/mol. The van der Waals surface area contributed by atoms with Crippen LogP contribution in [0.1, 0.15) is 37.3 Å². The molecular formula is C12H13BrLiNO2. The van der Waals surface area contributed by atoms with Crippen LogP contribution in [-0.2, 0) is 4.79 Å². The van der Waals surface area contributed by atoms with Gasteiger partial charge in [-0.25, -0.2) is 0 Å². The molecule has 0 spiro atoms. The third-order valence-corrected chi connectivity index (χ3v) is 3.65. The molecule has 0 aromatic carbocycles. The van der Waals surface area contributed by atoms with Gasteiger partial charge in [0.25, 0.3) is 0 Å². The van der Waals surface area contributed by atoms with E-state index in [2.05, 4.69) is 20.9 Å². The second-order valence-electron chi connectivity index (χ2n) is 4.31. The Morgan fingerprint density at radius 3 is 2.65 bits per heavy atom. The van der Waals surface area contributed by atoms with Gasteiger partial charge in [-0.2, -0.15) is 0 Å². The summed E-state index contributed by atoms with van der Waals surface area (Å²) in [5.74, 6) is -1.03. The molecule has 0 aliphatic heterocycles. The van der Waals surface area contributed by atoms with Crippen molar-refractivity contribution in [2.24, 2.45) is 5.92 Å². The van der Waals surface area contributed by atoms with Gasteiger partial charge in [0.05, 0.1) is 5.97 Å². The minimum absolute atomic E-state index is 0. The van der Waals surface area contributed by atoms with Gasteiger partial charge >= 0.3 is 18.9 Å². The normalized spacial score (nSPS) is 16.8. The smallest absolute Gasteiger partial charge is 0.549 e. The van der Waals surface area contributed by atoms with Crippen molar-refractivity contribution in [2.75, 3.05) is 0 Å². The molecule has 0 amide bonds. The van der Waals surface area contributed by atoms with E-state index < -0.39 is 11.9 Å². The largest absolute Gasteiger partial charge is 1.00 e. The summed E-state index contributed by atoms with van der Waals surface area (Å²) in [5.41, 5.74) is 0.607. The average molecular weight is 290 g/mol. The molecule has 1 saturated carbocycles. The SMILES string of the molecule is O=C([O-])C(CC1CCC1)c1ccc(Br)cn1.[Li+]. The van der Waals surface area contributed by atoms with Crippen molar-refractivity contribution in [1.82, 2.24) is 4.98 Å². The quantitative estimate of drug-likeness (QED) is 0.660. The van der Waals surface area contributed by atoms with Gasteiger partial charge in [0.1, 0.15) is 0 Å². The van der Waals surface area contributed by atoms with E-state index >= 15 is 0 Å². The first-order chi connectivity index (χ1) is 7.66. The van der Waals surface area contributed by atoms with Gasteiger partial charge in [0.15, 0.2) is 0 Å². The first-order valence-corrected chi connectivity index (χ1v) is 6.28. The monoisotopic (exact) mass is 289 g/mol. The van der Waals surface area contributed by atoms with Gasteiger partial charge in [-0.15, -0.1) is 0 Å². The molecule has 0 radical (unpaired) electrons. The molecule has 1 fully saturated rings. The first kappa shape index (κ1) is 14.8. The summed E-state index contributed by atoms with van der Waals surface area (Å²) in [5, 5.41) is 11.1. The summed E-state index contributed by atoms with van der Waals surface area (Å²) in [6, 6.07) is 3.57. The van der Waals surface area contributed by atoms with Gasteiger partial charge in [0.2, 0.25) is 0 Å². The molecule has 1 aromatic rings. The zero-order valence-corrected chi connectivity index (χ0v) is 11.4. The molecule has 5 heteroatoms. The molecule has 0 saturated heterocycles. The molecule has 3 nitrogen and oxygen atoms in total. The van der Waals surface area contributed by atoms with Crippen LogP contribution in [0.4, 0.5) is 0 Å². The first-order valence-electron chi connectivity index (χ1n) is 5.49. The van der Waals surface area contributed by atoms with Crippen molar-refractivity contribution in [3.8, 4) is 0 Å². The second-order valence-corrected chi connectivity index (χ2v) is 5.22. The summed E-state index contributed by atoms with van der Waals surface area (Å²) in [6.07, 6.45) is 5.79. The molecule has 1 aliphatic carbocycles. The summed E-state index contributed by atoms with van der Waals surface area (Å²) >= 11 is 3.28. The number of carbonyl (C=O) groups is 1. The van der Waals surface area contributed by atoms with Gasteiger partial charge in [-0.1, -0.05) is 19.3 Å². The number of carboxylic acids is 1. The van der Waals surface area contributed by atoms with E-state index in [4.69, 9.17) is 0 Å². The summed E-state index contributed by atoms with van der Waals surface area (Å²) in [6.45, 7) is 0. The second kappa shape index (κ2) is 6.58. The predicted octanol–water partition coefficient (Wildman–Crippen LogP) is -1.13. The Kier molecular flexibility index (Phi) is 5.71. The van der Waals surface area contributed by atoms with Crippen LogP contribution in [0.3, 0.4) is 0 Å². The third-order valence-electron chi connectivity index (χ3n) is 3.19. The molecule has 2 rings (SSSR count). The molecule has 86 valence electrons. The van der Waals surface area contributed by atoms with Crippen LogP contribution in [0.2, 0.25) is 0 Å². The van der Waals surface area contributed by atoms with Gasteiger partial charge in [-0.3, -0.25) is 4.98 Å². The van der Waals surface area contributed by atoms with Gasteiger partial charge in [0, 0.05) is 22.3 Å². The number of aromatic nitrogens is 1. The number of carbonyl (C=O) groups excluding carboxylic acids is 1. The Balaban J connectivity index is 0.00000144. The number of nitrogens with zero attached hydrogens (tertiary/aromatic N) is 1. The maximum Gasteiger partial charge on any atom is 1.00 e. The Morgan fingerprint density at radius 2 is 2.24 bits per heavy atom. The molecule has 1 aromatic heterocycles. The zero-order chi connectivity index (χ0) is 11.5. The number of halogens is 1. The van der Waals surface area contributed by atoms with E-state index in [9.17, 15) is 9.90 Å². The van der Waals surface area contributed by atoms with Crippen molar-refractivity contribution in [2.45, 2.75) is 31.6 Å². The minimum Gasteiger partial charge on any atom is -0.549 e. The standard InChI is InChI=1S/C12H14BrNO2.Li/c13-9-4-5-11(14-7-9)10(12(15)16)6-8-2-1-3-8;/h4-5,7-8,10H,1-3,6H2,(H,15,16);/q;+1/p-1. The summed E-state index contributed by atoms with van der Waals surface area (Å²) in [7, 11) is 0.